The average molecular weight is 340 g/mol. The molecule has 2 aromatic carbocycles. The van der Waals surface area contributed by atoms with Crippen LogP contribution in [0, 0.1) is 0 Å². The number of anilines is 1. The minimum atomic E-state index is -0.311. The van der Waals surface area contributed by atoms with Gasteiger partial charge < -0.3 is 15.7 Å². The normalized spacial score (nSPS) is 11.7. The largest absolute Gasteiger partial charge is 0.508 e. The van der Waals surface area contributed by atoms with E-state index in [9.17, 15) is 9.90 Å². The van der Waals surface area contributed by atoms with E-state index < -0.39 is 0 Å². The second-order valence-corrected chi connectivity index (χ2v) is 6.07. The van der Waals surface area contributed by atoms with E-state index in [2.05, 4.69) is 20.8 Å². The maximum Gasteiger partial charge on any atom is 0.319 e. The maximum atomic E-state index is 12.1. The first-order chi connectivity index (χ1) is 11.6. The highest BCUT2D eigenvalue weighted by atomic mass is 32.1. The van der Waals surface area contributed by atoms with Crippen molar-refractivity contribution in [1.82, 2.24) is 15.5 Å². The lowest BCUT2D eigenvalue weighted by atomic mass is 10.1. The van der Waals surface area contributed by atoms with Crippen molar-refractivity contribution in [2.24, 2.45) is 0 Å². The van der Waals surface area contributed by atoms with Gasteiger partial charge in [-0.2, -0.15) is 0 Å². The molecule has 6 nitrogen and oxygen atoms in total. The Bertz CT molecular complexity index is 819. The van der Waals surface area contributed by atoms with Gasteiger partial charge in [-0.3, -0.25) is 0 Å². The van der Waals surface area contributed by atoms with Gasteiger partial charge in [-0.15, -0.1) is 10.2 Å². The van der Waals surface area contributed by atoms with Crippen molar-refractivity contribution in [2.45, 2.75) is 13.0 Å². The van der Waals surface area contributed by atoms with Crippen LogP contribution < -0.4 is 10.6 Å². The Morgan fingerprint density at radius 2 is 2.00 bits per heavy atom. The fourth-order valence-electron chi connectivity index (χ4n) is 2.24. The van der Waals surface area contributed by atoms with Gasteiger partial charge in [0.1, 0.15) is 16.3 Å². The van der Waals surface area contributed by atoms with E-state index in [0.717, 1.165) is 16.1 Å². The van der Waals surface area contributed by atoms with E-state index in [0.29, 0.717) is 5.69 Å². The van der Waals surface area contributed by atoms with Crippen molar-refractivity contribution in [3.8, 4) is 16.3 Å². The highest BCUT2D eigenvalue weighted by Crippen LogP contribution is 2.22. The number of phenolic OH excluding ortho intramolecular Hbond substituents is 1. The number of aromatic nitrogens is 2. The summed E-state index contributed by atoms with van der Waals surface area (Å²) in [5.74, 6) is 0.175. The fraction of sp³-hybridized carbons (Fsp3) is 0.118. The Labute approximate surface area is 143 Å². The van der Waals surface area contributed by atoms with Crippen LogP contribution in [0.25, 0.3) is 10.6 Å². The molecule has 24 heavy (non-hydrogen) atoms. The number of aromatic hydroxyl groups is 1. The van der Waals surface area contributed by atoms with Crippen LogP contribution in [0.15, 0.2) is 54.0 Å². The lowest BCUT2D eigenvalue weighted by molar-refractivity contribution is 0.249. The van der Waals surface area contributed by atoms with Crippen LogP contribution in [0.3, 0.4) is 0 Å². The first kappa shape index (κ1) is 15.9. The molecule has 0 spiro atoms. The SMILES string of the molecule is C[C@@H](NC(=O)Nc1ccc(-c2nncs2)cc1)c1cccc(O)c1. The Hall–Kier alpha value is -2.93. The molecule has 7 heteroatoms. The summed E-state index contributed by atoms with van der Waals surface area (Å²) < 4.78 is 0. The molecule has 0 saturated carbocycles. The van der Waals surface area contributed by atoms with E-state index in [4.69, 9.17) is 0 Å². The first-order valence-electron chi connectivity index (χ1n) is 7.35. The highest BCUT2D eigenvalue weighted by Gasteiger charge is 2.10. The van der Waals surface area contributed by atoms with Gasteiger partial charge >= 0.3 is 6.03 Å². The minimum Gasteiger partial charge on any atom is -0.508 e. The van der Waals surface area contributed by atoms with Crippen LogP contribution in [0.2, 0.25) is 0 Å². The third kappa shape index (κ3) is 3.88. The molecule has 0 bridgehead atoms. The molecule has 0 aliphatic heterocycles. The zero-order chi connectivity index (χ0) is 16.9. The predicted molar refractivity (Wildman–Crippen MR) is 94.0 cm³/mol. The number of nitrogens with one attached hydrogen (secondary N) is 2. The van der Waals surface area contributed by atoms with Gasteiger partial charge in [-0.05, 0) is 48.9 Å². The summed E-state index contributed by atoms with van der Waals surface area (Å²) in [7, 11) is 0. The molecule has 0 saturated heterocycles. The number of urea groups is 1. The molecule has 0 aliphatic rings. The number of carbonyl (C=O) groups excluding carboxylic acids is 1. The summed E-state index contributed by atoms with van der Waals surface area (Å²) in [6.45, 7) is 1.85. The van der Waals surface area contributed by atoms with Crippen molar-refractivity contribution >= 4 is 23.1 Å². The van der Waals surface area contributed by atoms with E-state index in [-0.39, 0.29) is 17.8 Å². The smallest absolute Gasteiger partial charge is 0.319 e. The monoisotopic (exact) mass is 340 g/mol. The molecular weight excluding hydrogens is 324 g/mol. The third-order valence-electron chi connectivity index (χ3n) is 3.47. The van der Waals surface area contributed by atoms with Crippen molar-refractivity contribution in [3.05, 3.63) is 59.6 Å². The van der Waals surface area contributed by atoms with Crippen molar-refractivity contribution in [2.75, 3.05) is 5.32 Å². The number of carbonyl (C=O) groups is 1. The van der Waals surface area contributed by atoms with E-state index in [1.54, 1.807) is 23.7 Å². The summed E-state index contributed by atoms with van der Waals surface area (Å²) in [5.41, 5.74) is 4.15. The maximum absolute atomic E-state index is 12.1. The number of rotatable bonds is 4. The lowest BCUT2D eigenvalue weighted by Crippen LogP contribution is -2.31. The second kappa shape index (κ2) is 7.10. The molecule has 3 aromatic rings. The van der Waals surface area contributed by atoms with Gasteiger partial charge in [0.15, 0.2) is 0 Å². The topological polar surface area (TPSA) is 87.1 Å². The van der Waals surface area contributed by atoms with E-state index in [1.165, 1.54) is 11.3 Å². The number of hydrogen-bond donors (Lipinski definition) is 3. The molecule has 0 fully saturated rings. The summed E-state index contributed by atoms with van der Waals surface area (Å²) in [5, 5.41) is 23.8. The second-order valence-electron chi connectivity index (χ2n) is 5.24. The Kier molecular flexibility index (Phi) is 4.72. The summed E-state index contributed by atoms with van der Waals surface area (Å²) in [6, 6.07) is 13.7. The number of phenols is 1. The van der Waals surface area contributed by atoms with Crippen LogP contribution >= 0.6 is 11.3 Å². The van der Waals surface area contributed by atoms with E-state index in [1.807, 2.05) is 37.3 Å². The van der Waals surface area contributed by atoms with Gasteiger partial charge in [0.2, 0.25) is 0 Å². The van der Waals surface area contributed by atoms with Gasteiger partial charge in [0.25, 0.3) is 0 Å². The average Bonchev–Trinajstić information content (AvgIpc) is 3.10. The van der Waals surface area contributed by atoms with Crippen LogP contribution in [0.1, 0.15) is 18.5 Å². The van der Waals surface area contributed by atoms with Gasteiger partial charge in [0.05, 0.1) is 6.04 Å². The van der Waals surface area contributed by atoms with Crippen molar-refractivity contribution in [1.29, 1.82) is 0 Å². The summed E-state index contributed by atoms with van der Waals surface area (Å²) in [6.07, 6.45) is 0. The van der Waals surface area contributed by atoms with Crippen LogP contribution in [0.5, 0.6) is 5.75 Å². The standard InChI is InChI=1S/C17H16N4O2S/c1-11(13-3-2-4-15(22)9-13)19-17(23)20-14-7-5-12(6-8-14)16-21-18-10-24-16/h2-11,22H,1H3,(H2,19,20,23)/t11-/m1/s1. The zero-order valence-electron chi connectivity index (χ0n) is 12.9. The first-order valence-corrected chi connectivity index (χ1v) is 8.23. The molecule has 3 rings (SSSR count). The number of amides is 2. The molecule has 0 radical (unpaired) electrons. The molecule has 3 N–H and O–H groups in total. The highest BCUT2D eigenvalue weighted by molar-refractivity contribution is 7.12. The molecule has 1 atom stereocenters. The van der Waals surface area contributed by atoms with Crippen LogP contribution in [0.4, 0.5) is 10.5 Å². The molecule has 122 valence electrons. The molecule has 1 heterocycles. The van der Waals surface area contributed by atoms with Crippen molar-refractivity contribution in [3.63, 3.8) is 0 Å². The fourth-order valence-corrected chi connectivity index (χ4v) is 2.80. The minimum absolute atomic E-state index is 0.175. The quantitative estimate of drug-likeness (QED) is 0.674. The number of benzene rings is 2. The lowest BCUT2D eigenvalue weighted by Gasteiger charge is -2.15. The molecule has 1 aromatic heterocycles. The zero-order valence-corrected chi connectivity index (χ0v) is 13.7. The van der Waals surface area contributed by atoms with Crippen LogP contribution in [-0.4, -0.2) is 21.3 Å². The molecular formula is C17H16N4O2S. The Morgan fingerprint density at radius 3 is 2.67 bits per heavy atom. The molecule has 2 amide bonds. The van der Waals surface area contributed by atoms with E-state index >= 15 is 0 Å². The van der Waals surface area contributed by atoms with Crippen LogP contribution in [-0.2, 0) is 0 Å². The predicted octanol–water partition coefficient (Wildman–Crippen LogP) is 3.79. The summed E-state index contributed by atoms with van der Waals surface area (Å²) >= 11 is 1.46. The summed E-state index contributed by atoms with van der Waals surface area (Å²) in [4.78, 5) is 12.1. The van der Waals surface area contributed by atoms with Gasteiger partial charge in [0, 0.05) is 11.3 Å². The van der Waals surface area contributed by atoms with Gasteiger partial charge in [-0.25, -0.2) is 4.79 Å². The van der Waals surface area contributed by atoms with Crippen molar-refractivity contribution < 1.29 is 9.90 Å². The molecule has 0 aliphatic carbocycles. The third-order valence-corrected chi connectivity index (χ3v) is 4.21. The number of hydrogen-bond acceptors (Lipinski definition) is 5. The Balaban J connectivity index is 1.60. The van der Waals surface area contributed by atoms with Gasteiger partial charge in [-0.1, -0.05) is 23.5 Å². The Morgan fingerprint density at radius 1 is 1.21 bits per heavy atom. The number of nitrogens with zero attached hydrogens (tertiary/aromatic N) is 2. The molecule has 0 unspecified atom stereocenters.